The Balaban J connectivity index is 1.66. The van der Waals surface area contributed by atoms with Gasteiger partial charge >= 0.3 is 0 Å². The van der Waals surface area contributed by atoms with Gasteiger partial charge in [-0.05, 0) is 36.4 Å². The normalized spacial score (nSPS) is 15.0. The van der Waals surface area contributed by atoms with Crippen molar-refractivity contribution in [2.75, 3.05) is 13.1 Å². The topological polar surface area (TPSA) is 81.2 Å². The number of carbonyl (C=O) groups excluding carboxylic acids is 2. The van der Waals surface area contributed by atoms with Gasteiger partial charge in [0.1, 0.15) is 5.69 Å². The van der Waals surface area contributed by atoms with Crippen LogP contribution in [0.3, 0.4) is 0 Å². The smallest absolute Gasteiger partial charge is 0.257 e. The van der Waals surface area contributed by atoms with Gasteiger partial charge in [0.25, 0.3) is 5.91 Å². The van der Waals surface area contributed by atoms with Crippen LogP contribution >= 0.6 is 11.3 Å². The highest BCUT2D eigenvalue weighted by Crippen LogP contribution is 2.29. The lowest BCUT2D eigenvalue weighted by Crippen LogP contribution is -2.41. The highest BCUT2D eigenvalue weighted by atomic mass is 32.1. The Morgan fingerprint density at radius 1 is 1.07 bits per heavy atom. The van der Waals surface area contributed by atoms with Gasteiger partial charge in [-0.2, -0.15) is 5.10 Å². The van der Waals surface area contributed by atoms with Crippen molar-refractivity contribution in [3.63, 3.8) is 0 Å². The van der Waals surface area contributed by atoms with E-state index in [0.717, 1.165) is 10.6 Å². The van der Waals surface area contributed by atoms with Crippen molar-refractivity contribution >= 4 is 23.2 Å². The summed E-state index contributed by atoms with van der Waals surface area (Å²) in [6.07, 6.45) is 3.03. The third-order valence-electron chi connectivity index (χ3n) is 4.90. The van der Waals surface area contributed by atoms with E-state index in [0.29, 0.717) is 37.2 Å². The molecule has 1 aliphatic heterocycles. The third-order valence-corrected chi connectivity index (χ3v) is 5.78. The van der Waals surface area contributed by atoms with Gasteiger partial charge in [-0.25, -0.2) is 4.68 Å². The summed E-state index contributed by atoms with van der Waals surface area (Å²) in [7, 11) is 0. The Labute approximate surface area is 161 Å². The number of nitrogens with zero attached hydrogens (tertiary/aromatic N) is 3. The van der Waals surface area contributed by atoms with Crippen LogP contribution in [0.5, 0.6) is 0 Å². The molecule has 0 unspecified atom stereocenters. The van der Waals surface area contributed by atoms with Crippen LogP contribution < -0.4 is 5.73 Å². The van der Waals surface area contributed by atoms with Crippen LogP contribution in [0.15, 0.2) is 54.0 Å². The van der Waals surface area contributed by atoms with Gasteiger partial charge in [-0.15, -0.1) is 11.3 Å². The van der Waals surface area contributed by atoms with Crippen molar-refractivity contribution in [3.05, 3.63) is 59.6 Å². The minimum Gasteiger partial charge on any atom is -0.369 e. The van der Waals surface area contributed by atoms with Crippen LogP contribution in [-0.2, 0) is 4.79 Å². The Morgan fingerprint density at radius 2 is 1.81 bits per heavy atom. The first-order valence-corrected chi connectivity index (χ1v) is 9.79. The average molecular weight is 380 g/mol. The van der Waals surface area contributed by atoms with Gasteiger partial charge in [0.2, 0.25) is 5.91 Å². The van der Waals surface area contributed by atoms with Crippen LogP contribution in [-0.4, -0.2) is 39.6 Å². The first-order chi connectivity index (χ1) is 13.1. The Kier molecular flexibility index (Phi) is 4.77. The molecule has 3 aromatic rings. The molecule has 1 aliphatic rings. The van der Waals surface area contributed by atoms with Gasteiger partial charge in [-0.3, -0.25) is 9.59 Å². The van der Waals surface area contributed by atoms with Gasteiger partial charge < -0.3 is 10.6 Å². The molecule has 0 saturated carbocycles. The van der Waals surface area contributed by atoms with Gasteiger partial charge in [0, 0.05) is 25.2 Å². The summed E-state index contributed by atoms with van der Waals surface area (Å²) in [4.78, 5) is 27.3. The predicted octanol–water partition coefficient (Wildman–Crippen LogP) is 2.94. The molecule has 0 radical (unpaired) electrons. The second-order valence-corrected chi connectivity index (χ2v) is 7.57. The van der Waals surface area contributed by atoms with E-state index in [-0.39, 0.29) is 17.7 Å². The number of hydrogen-bond acceptors (Lipinski definition) is 4. The minimum absolute atomic E-state index is 0.0523. The summed E-state index contributed by atoms with van der Waals surface area (Å²) in [5.74, 6) is -0.473. The Bertz CT molecular complexity index is 942. The fraction of sp³-hybridized carbons (Fsp3) is 0.250. The van der Waals surface area contributed by atoms with Crippen molar-refractivity contribution in [2.45, 2.75) is 12.8 Å². The van der Waals surface area contributed by atoms with Crippen molar-refractivity contribution < 1.29 is 9.59 Å². The van der Waals surface area contributed by atoms with E-state index in [2.05, 4.69) is 5.10 Å². The molecule has 138 valence electrons. The molecule has 0 bridgehead atoms. The maximum Gasteiger partial charge on any atom is 0.257 e. The second kappa shape index (κ2) is 7.36. The largest absolute Gasteiger partial charge is 0.369 e. The quantitative estimate of drug-likeness (QED) is 0.756. The SMILES string of the molecule is NC(=O)C1CCN(C(=O)c2cn(-c3ccccc3)nc2-c2cccs2)CC1. The molecule has 7 heteroatoms. The lowest BCUT2D eigenvalue weighted by atomic mass is 9.96. The summed E-state index contributed by atoms with van der Waals surface area (Å²) < 4.78 is 1.75. The number of nitrogens with two attached hydrogens (primary N) is 1. The monoisotopic (exact) mass is 380 g/mol. The van der Waals surface area contributed by atoms with Crippen molar-refractivity contribution in [3.8, 4) is 16.3 Å². The van der Waals surface area contributed by atoms with Crippen LogP contribution in [0.25, 0.3) is 16.3 Å². The minimum atomic E-state index is -0.279. The number of primary amides is 1. The molecule has 0 atom stereocenters. The van der Waals surface area contributed by atoms with Crippen LogP contribution in [0, 0.1) is 5.92 Å². The zero-order valence-electron chi connectivity index (χ0n) is 14.7. The number of thiophene rings is 1. The molecule has 4 rings (SSSR count). The average Bonchev–Trinajstić information content (AvgIpc) is 3.38. The van der Waals surface area contributed by atoms with Crippen molar-refractivity contribution in [1.82, 2.24) is 14.7 Å². The van der Waals surface area contributed by atoms with Crippen molar-refractivity contribution in [1.29, 1.82) is 0 Å². The molecule has 0 aliphatic carbocycles. The summed E-state index contributed by atoms with van der Waals surface area (Å²) in [5.41, 5.74) is 7.58. The molecule has 2 amide bonds. The molecule has 1 fully saturated rings. The van der Waals surface area contributed by atoms with E-state index in [4.69, 9.17) is 5.73 Å². The maximum atomic E-state index is 13.2. The number of likely N-dealkylation sites (tertiary alicyclic amines) is 1. The Morgan fingerprint density at radius 3 is 2.44 bits per heavy atom. The molecule has 27 heavy (non-hydrogen) atoms. The zero-order valence-corrected chi connectivity index (χ0v) is 15.6. The lowest BCUT2D eigenvalue weighted by molar-refractivity contribution is -0.123. The number of aromatic nitrogens is 2. The molecule has 2 aromatic heterocycles. The lowest BCUT2D eigenvalue weighted by Gasteiger charge is -2.30. The highest BCUT2D eigenvalue weighted by Gasteiger charge is 2.29. The van der Waals surface area contributed by atoms with E-state index in [1.54, 1.807) is 27.1 Å². The summed E-state index contributed by atoms with van der Waals surface area (Å²) in [6, 6.07) is 13.7. The molecule has 0 spiro atoms. The fourth-order valence-electron chi connectivity index (χ4n) is 3.38. The number of piperidine rings is 1. The number of hydrogen-bond donors (Lipinski definition) is 1. The highest BCUT2D eigenvalue weighted by molar-refractivity contribution is 7.13. The molecule has 6 nitrogen and oxygen atoms in total. The number of para-hydroxylation sites is 1. The van der Waals surface area contributed by atoms with Crippen LogP contribution in [0.1, 0.15) is 23.2 Å². The van der Waals surface area contributed by atoms with Gasteiger partial charge in [0.05, 0.1) is 16.1 Å². The molecule has 1 saturated heterocycles. The van der Waals surface area contributed by atoms with E-state index in [9.17, 15) is 9.59 Å². The molecule has 3 heterocycles. The molecular formula is C20H20N4O2S. The first-order valence-electron chi connectivity index (χ1n) is 8.91. The Hall–Kier alpha value is -2.93. The van der Waals surface area contributed by atoms with Crippen LogP contribution in [0.2, 0.25) is 0 Å². The molecule has 2 N–H and O–H groups in total. The molecular weight excluding hydrogens is 360 g/mol. The summed E-state index contributed by atoms with van der Waals surface area (Å²) >= 11 is 1.56. The molecule has 1 aromatic carbocycles. The predicted molar refractivity (Wildman–Crippen MR) is 105 cm³/mol. The van der Waals surface area contributed by atoms with Crippen LogP contribution in [0.4, 0.5) is 0 Å². The number of benzene rings is 1. The number of rotatable bonds is 4. The summed E-state index contributed by atoms with van der Waals surface area (Å²) in [6.45, 7) is 1.07. The number of carbonyl (C=O) groups is 2. The standard InChI is InChI=1S/C20H20N4O2S/c21-19(25)14-8-10-23(11-9-14)20(26)16-13-24(15-5-2-1-3-6-15)22-18(16)17-7-4-12-27-17/h1-7,12-14H,8-11H2,(H2,21,25). The van der Waals surface area contributed by atoms with E-state index < -0.39 is 0 Å². The maximum absolute atomic E-state index is 13.2. The number of amides is 2. The van der Waals surface area contributed by atoms with E-state index in [1.165, 1.54) is 0 Å². The van der Waals surface area contributed by atoms with E-state index >= 15 is 0 Å². The second-order valence-electron chi connectivity index (χ2n) is 6.62. The fourth-order valence-corrected chi connectivity index (χ4v) is 4.10. The third kappa shape index (κ3) is 3.50. The zero-order chi connectivity index (χ0) is 18.8. The summed E-state index contributed by atoms with van der Waals surface area (Å²) in [5, 5.41) is 6.66. The van der Waals surface area contributed by atoms with Gasteiger partial charge in [0.15, 0.2) is 0 Å². The van der Waals surface area contributed by atoms with E-state index in [1.807, 2.05) is 47.8 Å². The first kappa shape index (κ1) is 17.5. The van der Waals surface area contributed by atoms with Crippen molar-refractivity contribution in [2.24, 2.45) is 11.7 Å². The van der Waals surface area contributed by atoms with Gasteiger partial charge in [-0.1, -0.05) is 24.3 Å².